The minimum atomic E-state index is -0.0559. The van der Waals surface area contributed by atoms with E-state index in [0.717, 1.165) is 31.6 Å². The van der Waals surface area contributed by atoms with E-state index in [1.54, 1.807) is 6.20 Å². The lowest BCUT2D eigenvalue weighted by atomic mass is 10.2. The minimum absolute atomic E-state index is 0.0559. The van der Waals surface area contributed by atoms with Gasteiger partial charge in [-0.2, -0.15) is 0 Å². The van der Waals surface area contributed by atoms with Gasteiger partial charge < -0.3 is 20.9 Å². The fourth-order valence-corrected chi connectivity index (χ4v) is 1.45. The van der Waals surface area contributed by atoms with E-state index >= 15 is 0 Å². The first-order valence-corrected chi connectivity index (χ1v) is 5.81. The second kappa shape index (κ2) is 7.44. The molecule has 1 heterocycles. The van der Waals surface area contributed by atoms with Crippen molar-refractivity contribution in [1.29, 1.82) is 0 Å². The third kappa shape index (κ3) is 4.17. The highest BCUT2D eigenvalue weighted by atomic mass is 16.4. The van der Waals surface area contributed by atoms with Crippen LogP contribution in [-0.2, 0) is 0 Å². The lowest BCUT2D eigenvalue weighted by Gasteiger charge is -2.17. The smallest absolute Gasteiger partial charge is 0.190 e. The Hall–Kier alpha value is -1.89. The molecule has 1 aromatic rings. The molecule has 18 heavy (non-hydrogen) atoms. The molecule has 0 radical (unpaired) electrons. The quantitative estimate of drug-likeness (QED) is 0.210. The average Bonchev–Trinajstić information content (AvgIpc) is 2.42. The number of amidine groups is 1. The fraction of sp³-hybridized carbons (Fsp3) is 0.545. The van der Waals surface area contributed by atoms with Crippen LogP contribution in [0.4, 0.5) is 5.82 Å². The molecule has 100 valence electrons. The maximum Gasteiger partial charge on any atom is 0.190 e. The molecule has 0 fully saturated rings. The molecule has 0 bridgehead atoms. The van der Waals surface area contributed by atoms with Crippen molar-refractivity contribution >= 4 is 11.7 Å². The summed E-state index contributed by atoms with van der Waals surface area (Å²) in [6.07, 6.45) is 5.84. The summed E-state index contributed by atoms with van der Waals surface area (Å²) in [6.45, 7) is 1.08. The number of aliphatic hydroxyl groups excluding tert-OH is 1. The van der Waals surface area contributed by atoms with E-state index in [-0.39, 0.29) is 12.4 Å². The number of hydrogen-bond acceptors (Lipinski definition) is 6. The van der Waals surface area contributed by atoms with Gasteiger partial charge in [-0.25, -0.2) is 9.97 Å². The van der Waals surface area contributed by atoms with Gasteiger partial charge in [0.05, 0.1) is 12.4 Å². The molecule has 7 nitrogen and oxygen atoms in total. The van der Waals surface area contributed by atoms with Crippen LogP contribution in [0.1, 0.15) is 25.0 Å². The molecule has 7 heteroatoms. The Labute approximate surface area is 106 Å². The first kappa shape index (κ1) is 14.2. The van der Waals surface area contributed by atoms with Crippen LogP contribution in [0.3, 0.4) is 0 Å². The van der Waals surface area contributed by atoms with Gasteiger partial charge in [-0.15, -0.1) is 0 Å². The molecule has 0 aliphatic heterocycles. The highest BCUT2D eigenvalue weighted by Gasteiger charge is 2.05. The predicted molar refractivity (Wildman–Crippen MR) is 68.7 cm³/mol. The van der Waals surface area contributed by atoms with Crippen molar-refractivity contribution in [3.63, 3.8) is 0 Å². The Morgan fingerprint density at radius 3 is 2.67 bits per heavy atom. The van der Waals surface area contributed by atoms with Crippen molar-refractivity contribution < 1.29 is 10.3 Å². The van der Waals surface area contributed by atoms with Crippen LogP contribution in [-0.4, -0.2) is 46.3 Å². The standard InChI is InChI=1S/C11H19N5O2/c1-16(5-3-2-4-6-17)10-8-13-9(7-14-10)11(12)15-18/h7-8,17-18H,2-6H2,1H3,(H2,12,15). The number of hydrogen-bond donors (Lipinski definition) is 3. The second-order valence-corrected chi connectivity index (χ2v) is 3.95. The number of nitrogens with zero attached hydrogens (tertiary/aromatic N) is 4. The molecule has 1 aromatic heterocycles. The lowest BCUT2D eigenvalue weighted by molar-refractivity contribution is 0.283. The van der Waals surface area contributed by atoms with Crippen LogP contribution in [0.5, 0.6) is 0 Å². The largest absolute Gasteiger partial charge is 0.409 e. The first-order chi connectivity index (χ1) is 8.69. The van der Waals surface area contributed by atoms with Gasteiger partial charge in [0.15, 0.2) is 5.84 Å². The number of unbranched alkanes of at least 4 members (excludes halogenated alkanes) is 2. The molecule has 0 amide bonds. The van der Waals surface area contributed by atoms with Crippen molar-refractivity contribution in [3.05, 3.63) is 18.1 Å². The van der Waals surface area contributed by atoms with E-state index in [9.17, 15) is 0 Å². The Balaban J connectivity index is 2.51. The highest BCUT2D eigenvalue weighted by Crippen LogP contribution is 2.08. The van der Waals surface area contributed by atoms with Crippen LogP contribution in [0.15, 0.2) is 17.5 Å². The molecule has 0 aromatic carbocycles. The van der Waals surface area contributed by atoms with Gasteiger partial charge in [0.1, 0.15) is 11.5 Å². The van der Waals surface area contributed by atoms with Crippen LogP contribution in [0.2, 0.25) is 0 Å². The van der Waals surface area contributed by atoms with Gasteiger partial charge in [-0.1, -0.05) is 5.16 Å². The molecule has 0 atom stereocenters. The maximum absolute atomic E-state index is 8.68. The Kier molecular flexibility index (Phi) is 5.86. The number of aromatic nitrogens is 2. The van der Waals surface area contributed by atoms with Crippen LogP contribution >= 0.6 is 0 Å². The summed E-state index contributed by atoms with van der Waals surface area (Å²) in [7, 11) is 1.92. The number of rotatable bonds is 7. The molecular formula is C11H19N5O2. The Bertz CT molecular complexity index is 380. The van der Waals surface area contributed by atoms with Gasteiger partial charge in [-0.05, 0) is 19.3 Å². The topological polar surface area (TPSA) is 108 Å². The van der Waals surface area contributed by atoms with Gasteiger partial charge in [0, 0.05) is 20.2 Å². The van der Waals surface area contributed by atoms with Crippen molar-refractivity contribution in [2.45, 2.75) is 19.3 Å². The third-order valence-corrected chi connectivity index (χ3v) is 2.55. The Morgan fingerprint density at radius 2 is 2.11 bits per heavy atom. The molecule has 1 rings (SSSR count). The summed E-state index contributed by atoms with van der Waals surface area (Å²) in [6, 6.07) is 0. The van der Waals surface area contributed by atoms with E-state index in [0.29, 0.717) is 5.69 Å². The third-order valence-electron chi connectivity index (χ3n) is 2.55. The van der Waals surface area contributed by atoms with Crippen LogP contribution < -0.4 is 10.6 Å². The van der Waals surface area contributed by atoms with Crippen molar-refractivity contribution in [2.24, 2.45) is 10.9 Å². The van der Waals surface area contributed by atoms with Gasteiger partial charge >= 0.3 is 0 Å². The summed E-state index contributed by atoms with van der Waals surface area (Å²) < 4.78 is 0. The summed E-state index contributed by atoms with van der Waals surface area (Å²) in [5.74, 6) is 0.674. The van der Waals surface area contributed by atoms with Crippen molar-refractivity contribution in [3.8, 4) is 0 Å². The van der Waals surface area contributed by atoms with E-state index in [2.05, 4.69) is 15.1 Å². The van der Waals surface area contributed by atoms with E-state index in [1.807, 2.05) is 11.9 Å². The Morgan fingerprint density at radius 1 is 1.33 bits per heavy atom. The molecule has 0 aliphatic carbocycles. The van der Waals surface area contributed by atoms with Crippen LogP contribution in [0.25, 0.3) is 0 Å². The average molecular weight is 253 g/mol. The summed E-state index contributed by atoms with van der Waals surface area (Å²) in [5, 5.41) is 20.0. The molecule has 0 saturated carbocycles. The monoisotopic (exact) mass is 253 g/mol. The van der Waals surface area contributed by atoms with E-state index in [4.69, 9.17) is 16.0 Å². The number of anilines is 1. The first-order valence-electron chi connectivity index (χ1n) is 5.81. The molecule has 0 saturated heterocycles. The number of oxime groups is 1. The van der Waals surface area contributed by atoms with E-state index < -0.39 is 0 Å². The highest BCUT2D eigenvalue weighted by molar-refractivity contribution is 5.94. The zero-order valence-corrected chi connectivity index (χ0v) is 10.5. The normalized spacial score (nSPS) is 11.6. The van der Waals surface area contributed by atoms with Crippen molar-refractivity contribution in [1.82, 2.24) is 9.97 Å². The van der Waals surface area contributed by atoms with Crippen molar-refractivity contribution in [2.75, 3.05) is 25.1 Å². The zero-order chi connectivity index (χ0) is 13.4. The maximum atomic E-state index is 8.68. The fourth-order valence-electron chi connectivity index (χ4n) is 1.45. The summed E-state index contributed by atoms with van der Waals surface area (Å²) in [4.78, 5) is 10.2. The molecule has 0 spiro atoms. The predicted octanol–water partition coefficient (Wildman–Crippen LogP) is 0.170. The van der Waals surface area contributed by atoms with Crippen LogP contribution in [0, 0.1) is 0 Å². The minimum Gasteiger partial charge on any atom is -0.409 e. The lowest BCUT2D eigenvalue weighted by Crippen LogP contribution is -2.21. The zero-order valence-electron chi connectivity index (χ0n) is 10.5. The van der Waals surface area contributed by atoms with Gasteiger partial charge in [-0.3, -0.25) is 0 Å². The summed E-state index contributed by atoms with van der Waals surface area (Å²) in [5.41, 5.74) is 5.74. The molecule has 0 unspecified atom stereocenters. The SMILES string of the molecule is CN(CCCCCO)c1cnc(C(N)=NO)cn1. The van der Waals surface area contributed by atoms with Gasteiger partial charge in [0.25, 0.3) is 0 Å². The molecular weight excluding hydrogens is 234 g/mol. The van der Waals surface area contributed by atoms with Gasteiger partial charge in [0.2, 0.25) is 0 Å². The summed E-state index contributed by atoms with van der Waals surface area (Å²) >= 11 is 0. The second-order valence-electron chi connectivity index (χ2n) is 3.95. The molecule has 0 aliphatic rings. The molecule has 4 N–H and O–H groups in total. The number of aliphatic hydroxyl groups is 1. The van der Waals surface area contributed by atoms with E-state index in [1.165, 1.54) is 6.20 Å². The number of nitrogens with two attached hydrogens (primary N) is 1.